The molecule has 0 saturated carbocycles. The molecule has 2 rings (SSSR count). The van der Waals surface area contributed by atoms with E-state index in [2.05, 4.69) is 10.6 Å². The number of benzene rings is 1. The number of hydrogen-bond donors (Lipinski definition) is 3. The predicted octanol–water partition coefficient (Wildman–Crippen LogP) is -0.245. The zero-order valence-electron chi connectivity index (χ0n) is 10.8. The zero-order valence-corrected chi connectivity index (χ0v) is 10.8. The molecule has 1 fully saturated rings. The van der Waals surface area contributed by atoms with E-state index in [0.717, 1.165) is 0 Å². The normalized spacial score (nSPS) is 15.0. The lowest BCUT2D eigenvalue weighted by molar-refractivity contribution is -0.135. The quantitative estimate of drug-likeness (QED) is 0.705. The summed E-state index contributed by atoms with van der Waals surface area (Å²) in [4.78, 5) is 35.7. The second kappa shape index (κ2) is 6.16. The molecular formula is C13H15N3O4. The predicted molar refractivity (Wildman–Crippen MR) is 71.5 cm³/mol. The molecule has 20 heavy (non-hydrogen) atoms. The van der Waals surface area contributed by atoms with Gasteiger partial charge in [-0.3, -0.25) is 9.59 Å². The molecule has 1 aliphatic rings. The fraction of sp³-hybridized carbons (Fsp3) is 0.308. The number of amides is 2. The summed E-state index contributed by atoms with van der Waals surface area (Å²) < 4.78 is 0. The highest BCUT2D eigenvalue weighted by Crippen LogP contribution is 2.10. The van der Waals surface area contributed by atoms with Crippen molar-refractivity contribution in [2.75, 3.05) is 31.5 Å². The van der Waals surface area contributed by atoms with Gasteiger partial charge in [-0.25, -0.2) is 4.79 Å². The number of carbonyl (C=O) groups excluding carboxylic acids is 2. The number of piperazine rings is 1. The van der Waals surface area contributed by atoms with Gasteiger partial charge in [0.2, 0.25) is 11.8 Å². The number of nitrogens with zero attached hydrogens (tertiary/aromatic N) is 1. The van der Waals surface area contributed by atoms with Gasteiger partial charge in [0, 0.05) is 18.8 Å². The van der Waals surface area contributed by atoms with E-state index in [1.54, 1.807) is 12.1 Å². The van der Waals surface area contributed by atoms with Crippen LogP contribution in [0.3, 0.4) is 0 Å². The van der Waals surface area contributed by atoms with Crippen molar-refractivity contribution in [3.8, 4) is 0 Å². The molecule has 106 valence electrons. The van der Waals surface area contributed by atoms with Crippen molar-refractivity contribution in [2.45, 2.75) is 0 Å². The largest absolute Gasteiger partial charge is 0.478 e. The summed E-state index contributed by atoms with van der Waals surface area (Å²) in [5.74, 6) is -1.52. The lowest BCUT2D eigenvalue weighted by Crippen LogP contribution is -2.50. The van der Waals surface area contributed by atoms with E-state index in [9.17, 15) is 14.4 Å². The van der Waals surface area contributed by atoms with Gasteiger partial charge < -0.3 is 20.6 Å². The Morgan fingerprint density at radius 2 is 2.20 bits per heavy atom. The van der Waals surface area contributed by atoms with Gasteiger partial charge in [0.25, 0.3) is 0 Å². The van der Waals surface area contributed by atoms with Gasteiger partial charge in [-0.15, -0.1) is 0 Å². The van der Waals surface area contributed by atoms with Crippen molar-refractivity contribution in [1.29, 1.82) is 0 Å². The Labute approximate surface area is 115 Å². The van der Waals surface area contributed by atoms with Crippen LogP contribution in [0.5, 0.6) is 0 Å². The number of rotatable bonds is 4. The number of hydrogen-bond acceptors (Lipinski definition) is 4. The number of anilines is 1. The van der Waals surface area contributed by atoms with Crippen LogP contribution < -0.4 is 10.6 Å². The van der Waals surface area contributed by atoms with Crippen molar-refractivity contribution < 1.29 is 19.5 Å². The fourth-order valence-corrected chi connectivity index (χ4v) is 1.92. The fourth-order valence-electron chi connectivity index (χ4n) is 1.92. The van der Waals surface area contributed by atoms with E-state index in [1.165, 1.54) is 17.0 Å². The molecule has 3 N–H and O–H groups in total. The van der Waals surface area contributed by atoms with Crippen LogP contribution in [0.15, 0.2) is 24.3 Å². The number of aromatic carboxylic acids is 1. The lowest BCUT2D eigenvalue weighted by atomic mass is 10.2. The summed E-state index contributed by atoms with van der Waals surface area (Å²) in [6, 6.07) is 5.97. The van der Waals surface area contributed by atoms with Crippen LogP contribution in [-0.4, -0.2) is 54.0 Å². The minimum Gasteiger partial charge on any atom is -0.478 e. The summed E-state index contributed by atoms with van der Waals surface area (Å²) in [5, 5.41) is 14.4. The van der Waals surface area contributed by atoms with Crippen molar-refractivity contribution in [3.63, 3.8) is 0 Å². The van der Waals surface area contributed by atoms with E-state index >= 15 is 0 Å². The Kier molecular flexibility index (Phi) is 4.31. The van der Waals surface area contributed by atoms with Gasteiger partial charge in [-0.1, -0.05) is 6.07 Å². The van der Waals surface area contributed by atoms with Crippen LogP contribution in [0.2, 0.25) is 0 Å². The van der Waals surface area contributed by atoms with Gasteiger partial charge in [-0.05, 0) is 18.2 Å². The molecule has 7 nitrogen and oxygen atoms in total. The van der Waals surface area contributed by atoms with Gasteiger partial charge in [0.05, 0.1) is 18.7 Å². The van der Waals surface area contributed by atoms with Gasteiger partial charge in [0.15, 0.2) is 0 Å². The lowest BCUT2D eigenvalue weighted by Gasteiger charge is -2.26. The molecule has 0 aliphatic carbocycles. The van der Waals surface area contributed by atoms with Crippen LogP contribution in [0.25, 0.3) is 0 Å². The van der Waals surface area contributed by atoms with Crippen LogP contribution in [-0.2, 0) is 9.59 Å². The van der Waals surface area contributed by atoms with E-state index in [0.29, 0.717) is 18.8 Å². The first kappa shape index (κ1) is 14.0. The molecule has 0 radical (unpaired) electrons. The van der Waals surface area contributed by atoms with E-state index in [4.69, 9.17) is 5.11 Å². The molecule has 1 aromatic carbocycles. The van der Waals surface area contributed by atoms with Gasteiger partial charge in [0.1, 0.15) is 0 Å². The molecule has 7 heteroatoms. The number of carbonyl (C=O) groups is 3. The average molecular weight is 277 g/mol. The van der Waals surface area contributed by atoms with Gasteiger partial charge in [-0.2, -0.15) is 0 Å². The van der Waals surface area contributed by atoms with Crippen molar-refractivity contribution in [2.24, 2.45) is 0 Å². The Morgan fingerprint density at radius 3 is 2.90 bits per heavy atom. The first-order valence-electron chi connectivity index (χ1n) is 6.18. The zero-order chi connectivity index (χ0) is 14.5. The third kappa shape index (κ3) is 3.55. The van der Waals surface area contributed by atoms with Crippen LogP contribution in [0.1, 0.15) is 10.4 Å². The van der Waals surface area contributed by atoms with E-state index in [1.807, 2.05) is 0 Å². The Hall–Kier alpha value is -2.41. The molecule has 1 saturated heterocycles. The molecule has 1 aliphatic heterocycles. The highest BCUT2D eigenvalue weighted by atomic mass is 16.4. The minimum absolute atomic E-state index is 0.0299. The molecule has 0 bridgehead atoms. The van der Waals surface area contributed by atoms with E-state index in [-0.39, 0.29) is 30.5 Å². The van der Waals surface area contributed by atoms with Crippen molar-refractivity contribution in [3.05, 3.63) is 29.8 Å². The summed E-state index contributed by atoms with van der Waals surface area (Å²) in [5.41, 5.74) is 0.499. The maximum atomic E-state index is 11.8. The second-order valence-corrected chi connectivity index (χ2v) is 4.43. The Bertz CT molecular complexity index is 544. The molecule has 0 unspecified atom stereocenters. The standard InChI is InChI=1S/C13H15N3O4/c17-11(8-16-5-4-14-7-12(16)18)15-10-3-1-2-9(6-10)13(19)20/h1-3,6,14H,4-5,7-8H2,(H,15,17)(H,19,20). The smallest absolute Gasteiger partial charge is 0.335 e. The summed E-state index contributed by atoms with van der Waals surface area (Å²) in [6.07, 6.45) is 0. The third-order valence-corrected chi connectivity index (χ3v) is 2.92. The minimum atomic E-state index is -1.06. The van der Waals surface area contributed by atoms with Gasteiger partial charge >= 0.3 is 5.97 Å². The Balaban J connectivity index is 1.95. The number of carboxylic acids is 1. The summed E-state index contributed by atoms with van der Waals surface area (Å²) >= 11 is 0. The highest BCUT2D eigenvalue weighted by molar-refractivity contribution is 5.96. The molecule has 0 aromatic heterocycles. The van der Waals surface area contributed by atoms with Crippen LogP contribution in [0.4, 0.5) is 5.69 Å². The topological polar surface area (TPSA) is 98.7 Å². The van der Waals surface area contributed by atoms with Crippen LogP contribution in [0, 0.1) is 0 Å². The SMILES string of the molecule is O=C(CN1CCNCC1=O)Nc1cccc(C(=O)O)c1. The maximum Gasteiger partial charge on any atom is 0.335 e. The third-order valence-electron chi connectivity index (χ3n) is 2.92. The van der Waals surface area contributed by atoms with Crippen molar-refractivity contribution in [1.82, 2.24) is 10.2 Å². The highest BCUT2D eigenvalue weighted by Gasteiger charge is 2.20. The van der Waals surface area contributed by atoms with Crippen LogP contribution >= 0.6 is 0 Å². The summed E-state index contributed by atoms with van der Waals surface area (Å²) in [7, 11) is 0. The molecule has 2 amide bonds. The first-order chi connectivity index (χ1) is 9.56. The molecule has 0 spiro atoms. The molecule has 1 aromatic rings. The summed E-state index contributed by atoms with van der Waals surface area (Å²) in [6.45, 7) is 1.36. The average Bonchev–Trinajstić information content (AvgIpc) is 2.41. The number of carboxylic acid groups (broad SMARTS) is 1. The monoisotopic (exact) mass is 277 g/mol. The molecule has 0 atom stereocenters. The molecular weight excluding hydrogens is 262 g/mol. The Morgan fingerprint density at radius 1 is 1.40 bits per heavy atom. The number of nitrogens with one attached hydrogen (secondary N) is 2. The maximum absolute atomic E-state index is 11.8. The van der Waals surface area contributed by atoms with E-state index < -0.39 is 5.97 Å². The second-order valence-electron chi connectivity index (χ2n) is 4.43. The molecule has 1 heterocycles. The van der Waals surface area contributed by atoms with Crippen molar-refractivity contribution >= 4 is 23.5 Å². The first-order valence-corrected chi connectivity index (χ1v) is 6.18.